The van der Waals surface area contributed by atoms with E-state index in [1.807, 2.05) is 11.9 Å². The lowest BCUT2D eigenvalue weighted by Crippen LogP contribution is -2.42. The number of nitrogens with two attached hydrogens (primary N) is 1. The first-order valence-electron chi connectivity index (χ1n) is 6.52. The Labute approximate surface area is 107 Å². The fourth-order valence-corrected chi connectivity index (χ4v) is 2.43. The van der Waals surface area contributed by atoms with Gasteiger partial charge in [0.2, 0.25) is 5.91 Å². The molecule has 6 nitrogen and oxygen atoms in total. The van der Waals surface area contributed by atoms with Crippen molar-refractivity contribution in [3.05, 3.63) is 12.4 Å². The van der Waals surface area contributed by atoms with E-state index < -0.39 is 0 Å². The number of carbonyl (C=O) groups is 1. The molecule has 1 heterocycles. The molecule has 100 valence electrons. The number of hydrogen-bond donors (Lipinski definition) is 1. The van der Waals surface area contributed by atoms with Gasteiger partial charge in [0.05, 0.1) is 12.7 Å². The van der Waals surface area contributed by atoms with Crippen LogP contribution in [0.25, 0.3) is 0 Å². The van der Waals surface area contributed by atoms with Crippen LogP contribution >= 0.6 is 0 Å². The molecule has 0 radical (unpaired) electrons. The highest BCUT2D eigenvalue weighted by Gasteiger charge is 2.24. The van der Waals surface area contributed by atoms with E-state index in [2.05, 4.69) is 10.3 Å². The normalized spacial score (nSPS) is 23.9. The van der Waals surface area contributed by atoms with E-state index in [0.29, 0.717) is 25.0 Å². The Balaban J connectivity index is 1.77. The van der Waals surface area contributed by atoms with Crippen molar-refractivity contribution in [2.75, 3.05) is 7.05 Å². The molecule has 1 aliphatic rings. The Bertz CT molecular complexity index is 370. The first-order valence-corrected chi connectivity index (χ1v) is 6.52. The van der Waals surface area contributed by atoms with Gasteiger partial charge in [-0.15, -0.1) is 5.10 Å². The summed E-state index contributed by atoms with van der Waals surface area (Å²) in [5, 5.41) is 7.57. The van der Waals surface area contributed by atoms with E-state index in [-0.39, 0.29) is 5.91 Å². The lowest BCUT2D eigenvalue weighted by molar-refractivity contribution is -0.132. The third-order valence-electron chi connectivity index (χ3n) is 3.71. The molecule has 6 heteroatoms. The van der Waals surface area contributed by atoms with Crippen molar-refractivity contribution >= 4 is 5.91 Å². The van der Waals surface area contributed by atoms with Gasteiger partial charge in [-0.05, 0) is 25.7 Å². The maximum atomic E-state index is 12.1. The molecule has 0 atom stereocenters. The average Bonchev–Trinajstić information content (AvgIpc) is 2.89. The monoisotopic (exact) mass is 251 g/mol. The molecule has 0 aliphatic heterocycles. The van der Waals surface area contributed by atoms with Crippen molar-refractivity contribution in [3.8, 4) is 0 Å². The number of amides is 1. The van der Waals surface area contributed by atoms with E-state index in [1.165, 1.54) is 0 Å². The molecule has 18 heavy (non-hydrogen) atoms. The summed E-state index contributed by atoms with van der Waals surface area (Å²) in [7, 11) is 1.89. The molecule has 1 fully saturated rings. The zero-order valence-corrected chi connectivity index (χ0v) is 10.8. The first kappa shape index (κ1) is 13.0. The van der Waals surface area contributed by atoms with Gasteiger partial charge in [0, 0.05) is 31.7 Å². The molecule has 1 aromatic heterocycles. The third kappa shape index (κ3) is 3.29. The summed E-state index contributed by atoms with van der Waals surface area (Å²) in [5.41, 5.74) is 5.87. The van der Waals surface area contributed by atoms with E-state index >= 15 is 0 Å². The van der Waals surface area contributed by atoms with Crippen molar-refractivity contribution < 1.29 is 4.79 Å². The summed E-state index contributed by atoms with van der Waals surface area (Å²) in [6, 6.07) is 0.674. The predicted molar refractivity (Wildman–Crippen MR) is 67.6 cm³/mol. The smallest absolute Gasteiger partial charge is 0.224 e. The third-order valence-corrected chi connectivity index (χ3v) is 3.71. The lowest BCUT2D eigenvalue weighted by Gasteiger charge is -2.33. The standard InChI is InChI=1S/C12H21N5O/c1-16(11-4-2-10(13)3-5-11)12(18)6-8-17-9-7-14-15-17/h7,9-11H,2-6,8,13H2,1H3. The highest BCUT2D eigenvalue weighted by atomic mass is 16.2. The fraction of sp³-hybridized carbons (Fsp3) is 0.750. The minimum absolute atomic E-state index is 0.172. The van der Waals surface area contributed by atoms with Gasteiger partial charge in [0.25, 0.3) is 0 Å². The van der Waals surface area contributed by atoms with Gasteiger partial charge in [-0.2, -0.15) is 0 Å². The summed E-state index contributed by atoms with van der Waals surface area (Å²) in [6.07, 6.45) is 7.95. The lowest BCUT2D eigenvalue weighted by atomic mass is 9.91. The molecule has 0 unspecified atom stereocenters. The zero-order valence-electron chi connectivity index (χ0n) is 10.8. The van der Waals surface area contributed by atoms with Crippen LogP contribution < -0.4 is 5.73 Å². The Morgan fingerprint density at radius 2 is 2.17 bits per heavy atom. The van der Waals surface area contributed by atoms with Gasteiger partial charge in [0.15, 0.2) is 0 Å². The van der Waals surface area contributed by atoms with Crippen LogP contribution in [0.2, 0.25) is 0 Å². The van der Waals surface area contributed by atoms with Crippen LogP contribution in [0.3, 0.4) is 0 Å². The zero-order chi connectivity index (χ0) is 13.0. The summed E-state index contributed by atoms with van der Waals surface area (Å²) in [6.45, 7) is 0.593. The first-order chi connectivity index (χ1) is 8.66. The largest absolute Gasteiger partial charge is 0.343 e. The average molecular weight is 251 g/mol. The van der Waals surface area contributed by atoms with Gasteiger partial charge >= 0.3 is 0 Å². The summed E-state index contributed by atoms with van der Waals surface area (Å²) >= 11 is 0. The Kier molecular flexibility index (Phi) is 4.30. The highest BCUT2D eigenvalue weighted by Crippen LogP contribution is 2.21. The molecule has 0 spiro atoms. The van der Waals surface area contributed by atoms with Crippen LogP contribution in [0.15, 0.2) is 12.4 Å². The quantitative estimate of drug-likeness (QED) is 0.840. The summed E-state index contributed by atoms with van der Waals surface area (Å²) < 4.78 is 1.68. The molecule has 0 saturated heterocycles. The molecule has 1 amide bonds. The van der Waals surface area contributed by atoms with Crippen LogP contribution in [0, 0.1) is 0 Å². The number of hydrogen-bond acceptors (Lipinski definition) is 4. The van der Waals surface area contributed by atoms with E-state index in [4.69, 9.17) is 5.73 Å². The SMILES string of the molecule is CN(C(=O)CCn1ccnn1)C1CCC(N)CC1. The van der Waals surface area contributed by atoms with Gasteiger partial charge < -0.3 is 10.6 Å². The molecule has 0 aromatic carbocycles. The van der Waals surface area contributed by atoms with E-state index in [0.717, 1.165) is 25.7 Å². The van der Waals surface area contributed by atoms with Gasteiger partial charge in [-0.3, -0.25) is 9.48 Å². The number of carbonyl (C=O) groups excluding carboxylic acids is 1. The second-order valence-electron chi connectivity index (χ2n) is 4.99. The molecular formula is C12H21N5O. The van der Waals surface area contributed by atoms with Gasteiger partial charge in [-0.1, -0.05) is 5.21 Å². The Hall–Kier alpha value is -1.43. The highest BCUT2D eigenvalue weighted by molar-refractivity contribution is 5.76. The minimum Gasteiger partial charge on any atom is -0.343 e. The van der Waals surface area contributed by atoms with Crippen LogP contribution in [0.1, 0.15) is 32.1 Å². The van der Waals surface area contributed by atoms with Crippen molar-refractivity contribution in [1.82, 2.24) is 19.9 Å². The second kappa shape index (κ2) is 5.95. The molecule has 1 aliphatic carbocycles. The molecule has 2 N–H and O–H groups in total. The van der Waals surface area contributed by atoms with E-state index in [9.17, 15) is 4.79 Å². The van der Waals surface area contributed by atoms with Gasteiger partial charge in [0.1, 0.15) is 0 Å². The Morgan fingerprint density at radius 3 is 2.78 bits per heavy atom. The Morgan fingerprint density at radius 1 is 1.44 bits per heavy atom. The van der Waals surface area contributed by atoms with Crippen LogP contribution in [0.5, 0.6) is 0 Å². The van der Waals surface area contributed by atoms with Crippen molar-refractivity contribution in [2.24, 2.45) is 5.73 Å². The van der Waals surface area contributed by atoms with Crippen LogP contribution in [0.4, 0.5) is 0 Å². The fourth-order valence-electron chi connectivity index (χ4n) is 2.43. The molecule has 0 bridgehead atoms. The maximum Gasteiger partial charge on any atom is 0.224 e. The summed E-state index contributed by atoms with van der Waals surface area (Å²) in [4.78, 5) is 13.9. The molecule has 2 rings (SSSR count). The molecular weight excluding hydrogens is 230 g/mol. The number of nitrogens with zero attached hydrogens (tertiary/aromatic N) is 4. The van der Waals surface area contributed by atoms with Crippen LogP contribution in [-0.2, 0) is 11.3 Å². The molecule has 1 saturated carbocycles. The summed E-state index contributed by atoms with van der Waals surface area (Å²) in [5.74, 6) is 0.172. The maximum absolute atomic E-state index is 12.1. The van der Waals surface area contributed by atoms with Crippen molar-refractivity contribution in [3.63, 3.8) is 0 Å². The number of aromatic nitrogens is 3. The second-order valence-corrected chi connectivity index (χ2v) is 4.99. The number of aryl methyl sites for hydroxylation is 1. The molecule has 1 aromatic rings. The van der Waals surface area contributed by atoms with Crippen LogP contribution in [-0.4, -0.2) is 44.9 Å². The van der Waals surface area contributed by atoms with Crippen molar-refractivity contribution in [2.45, 2.75) is 50.7 Å². The topological polar surface area (TPSA) is 77.0 Å². The van der Waals surface area contributed by atoms with Gasteiger partial charge in [-0.25, -0.2) is 0 Å². The van der Waals surface area contributed by atoms with Crippen molar-refractivity contribution in [1.29, 1.82) is 0 Å². The minimum atomic E-state index is 0.172. The number of rotatable bonds is 4. The van der Waals surface area contributed by atoms with E-state index in [1.54, 1.807) is 17.1 Å². The predicted octanol–water partition coefficient (Wildman–Crippen LogP) is 0.396.